The second-order valence-corrected chi connectivity index (χ2v) is 3.61. The molecule has 1 amide bonds. The first-order valence-electron chi connectivity index (χ1n) is 5.41. The molecule has 1 aromatic rings. The molecule has 90 valence electrons. The fourth-order valence-corrected chi connectivity index (χ4v) is 1.27. The van der Waals surface area contributed by atoms with Crippen molar-refractivity contribution in [1.29, 1.82) is 0 Å². The van der Waals surface area contributed by atoms with Crippen LogP contribution in [0.15, 0.2) is 16.7 Å². The van der Waals surface area contributed by atoms with E-state index < -0.39 is 0 Å². The number of amides is 1. The first-order chi connectivity index (χ1) is 7.67. The van der Waals surface area contributed by atoms with Crippen molar-refractivity contribution in [3.63, 3.8) is 0 Å². The largest absolute Gasteiger partial charge is 0.467 e. The van der Waals surface area contributed by atoms with Gasteiger partial charge in [0.2, 0.25) is 0 Å². The Kier molecular flexibility index (Phi) is 5.01. The molecule has 0 saturated carbocycles. The Balaban J connectivity index is 2.35. The van der Waals surface area contributed by atoms with Crippen LogP contribution in [0.3, 0.4) is 0 Å². The van der Waals surface area contributed by atoms with E-state index in [0.717, 1.165) is 0 Å². The molecule has 0 spiro atoms. The van der Waals surface area contributed by atoms with E-state index in [4.69, 9.17) is 10.2 Å². The third-order valence-electron chi connectivity index (χ3n) is 2.35. The molecular formula is C11H18N2O3. The molecule has 0 aliphatic heterocycles. The number of aliphatic hydroxyl groups is 1. The van der Waals surface area contributed by atoms with Crippen LogP contribution in [0, 0.1) is 0 Å². The minimum Gasteiger partial charge on any atom is -0.467 e. The van der Waals surface area contributed by atoms with Crippen LogP contribution in [-0.4, -0.2) is 23.7 Å². The van der Waals surface area contributed by atoms with Crippen LogP contribution >= 0.6 is 0 Å². The molecular weight excluding hydrogens is 208 g/mol. The number of rotatable bonds is 6. The lowest BCUT2D eigenvalue weighted by molar-refractivity contribution is 0.0941. The predicted molar refractivity (Wildman–Crippen MR) is 59.8 cm³/mol. The van der Waals surface area contributed by atoms with Crippen molar-refractivity contribution in [2.24, 2.45) is 5.73 Å². The fourth-order valence-electron chi connectivity index (χ4n) is 1.27. The maximum atomic E-state index is 11.6. The summed E-state index contributed by atoms with van der Waals surface area (Å²) in [5.41, 5.74) is 5.83. The number of aliphatic hydroxyl groups excluding tert-OH is 1. The molecule has 5 heteroatoms. The SMILES string of the molecule is CCC(O)CCNC(=O)c1coc(CN)c1. The summed E-state index contributed by atoms with van der Waals surface area (Å²) in [7, 11) is 0. The van der Waals surface area contributed by atoms with E-state index >= 15 is 0 Å². The van der Waals surface area contributed by atoms with Crippen LogP contribution in [-0.2, 0) is 6.54 Å². The summed E-state index contributed by atoms with van der Waals surface area (Å²) in [5, 5.41) is 12.0. The summed E-state index contributed by atoms with van der Waals surface area (Å²) in [6.07, 6.45) is 2.28. The van der Waals surface area contributed by atoms with Gasteiger partial charge in [-0.1, -0.05) is 6.92 Å². The van der Waals surface area contributed by atoms with Crippen molar-refractivity contribution in [2.75, 3.05) is 6.54 Å². The Morgan fingerprint density at radius 1 is 1.69 bits per heavy atom. The number of carbonyl (C=O) groups excluding carboxylic acids is 1. The Morgan fingerprint density at radius 2 is 2.44 bits per heavy atom. The van der Waals surface area contributed by atoms with E-state index in [1.54, 1.807) is 6.07 Å². The lowest BCUT2D eigenvalue weighted by atomic mass is 10.2. The van der Waals surface area contributed by atoms with Gasteiger partial charge in [-0.05, 0) is 18.9 Å². The van der Waals surface area contributed by atoms with Crippen molar-refractivity contribution in [3.05, 3.63) is 23.7 Å². The van der Waals surface area contributed by atoms with Gasteiger partial charge >= 0.3 is 0 Å². The second-order valence-electron chi connectivity index (χ2n) is 3.61. The number of hydrogen-bond donors (Lipinski definition) is 3. The van der Waals surface area contributed by atoms with Crippen LogP contribution in [0.4, 0.5) is 0 Å². The van der Waals surface area contributed by atoms with Gasteiger partial charge in [-0.25, -0.2) is 0 Å². The summed E-state index contributed by atoms with van der Waals surface area (Å²) in [6.45, 7) is 2.63. The van der Waals surface area contributed by atoms with Gasteiger partial charge < -0.3 is 20.6 Å². The average molecular weight is 226 g/mol. The molecule has 1 unspecified atom stereocenters. The van der Waals surface area contributed by atoms with Crippen molar-refractivity contribution in [2.45, 2.75) is 32.4 Å². The number of hydrogen-bond acceptors (Lipinski definition) is 4. The Morgan fingerprint density at radius 3 is 3.00 bits per heavy atom. The topological polar surface area (TPSA) is 88.5 Å². The van der Waals surface area contributed by atoms with Gasteiger partial charge in [-0.15, -0.1) is 0 Å². The van der Waals surface area contributed by atoms with Gasteiger partial charge in [-0.3, -0.25) is 4.79 Å². The highest BCUT2D eigenvalue weighted by molar-refractivity contribution is 5.93. The molecule has 0 aromatic carbocycles. The number of carbonyl (C=O) groups is 1. The lowest BCUT2D eigenvalue weighted by Crippen LogP contribution is -2.26. The molecule has 0 aliphatic carbocycles. The van der Waals surface area contributed by atoms with Crippen molar-refractivity contribution < 1.29 is 14.3 Å². The van der Waals surface area contributed by atoms with Gasteiger partial charge in [0.15, 0.2) is 0 Å². The number of nitrogens with two attached hydrogens (primary N) is 1. The summed E-state index contributed by atoms with van der Waals surface area (Å²) >= 11 is 0. The third-order valence-corrected chi connectivity index (χ3v) is 2.35. The molecule has 0 bridgehead atoms. The summed E-state index contributed by atoms with van der Waals surface area (Å²) in [5.74, 6) is 0.380. The van der Waals surface area contributed by atoms with E-state index in [0.29, 0.717) is 30.7 Å². The molecule has 1 aromatic heterocycles. The highest BCUT2D eigenvalue weighted by Gasteiger charge is 2.09. The highest BCUT2D eigenvalue weighted by atomic mass is 16.3. The van der Waals surface area contributed by atoms with Gasteiger partial charge in [0.1, 0.15) is 12.0 Å². The zero-order chi connectivity index (χ0) is 12.0. The first-order valence-corrected chi connectivity index (χ1v) is 5.41. The minimum atomic E-state index is -0.357. The Hall–Kier alpha value is -1.33. The maximum Gasteiger partial charge on any atom is 0.254 e. The van der Waals surface area contributed by atoms with Crippen molar-refractivity contribution in [3.8, 4) is 0 Å². The number of furan rings is 1. The van der Waals surface area contributed by atoms with Crippen LogP contribution in [0.1, 0.15) is 35.9 Å². The van der Waals surface area contributed by atoms with E-state index in [1.807, 2.05) is 6.92 Å². The van der Waals surface area contributed by atoms with E-state index in [2.05, 4.69) is 5.32 Å². The zero-order valence-corrected chi connectivity index (χ0v) is 9.40. The zero-order valence-electron chi connectivity index (χ0n) is 9.40. The normalized spacial score (nSPS) is 12.4. The van der Waals surface area contributed by atoms with Gasteiger partial charge in [0.05, 0.1) is 18.2 Å². The van der Waals surface area contributed by atoms with E-state index in [-0.39, 0.29) is 18.6 Å². The quantitative estimate of drug-likeness (QED) is 0.663. The van der Waals surface area contributed by atoms with Crippen LogP contribution in [0.5, 0.6) is 0 Å². The molecule has 0 fully saturated rings. The minimum absolute atomic E-state index is 0.202. The standard InChI is InChI=1S/C11H18N2O3/c1-2-9(14)3-4-13-11(15)8-5-10(6-12)16-7-8/h5,7,9,14H,2-4,6,12H2,1H3,(H,13,15). The Labute approximate surface area is 94.6 Å². The summed E-state index contributed by atoms with van der Waals surface area (Å²) in [4.78, 5) is 11.6. The number of nitrogens with one attached hydrogen (secondary N) is 1. The molecule has 1 atom stereocenters. The monoisotopic (exact) mass is 226 g/mol. The summed E-state index contributed by atoms with van der Waals surface area (Å²) < 4.78 is 5.05. The van der Waals surface area contributed by atoms with E-state index in [1.165, 1.54) is 6.26 Å². The molecule has 1 rings (SSSR count). The summed E-state index contributed by atoms with van der Waals surface area (Å²) in [6, 6.07) is 1.62. The molecule has 0 saturated heterocycles. The first kappa shape index (κ1) is 12.7. The van der Waals surface area contributed by atoms with Gasteiger partial charge in [0, 0.05) is 6.54 Å². The highest BCUT2D eigenvalue weighted by Crippen LogP contribution is 2.06. The van der Waals surface area contributed by atoms with Crippen LogP contribution in [0.25, 0.3) is 0 Å². The fraction of sp³-hybridized carbons (Fsp3) is 0.545. The van der Waals surface area contributed by atoms with Crippen molar-refractivity contribution in [1.82, 2.24) is 5.32 Å². The Bertz CT molecular complexity index is 336. The van der Waals surface area contributed by atoms with Crippen LogP contribution < -0.4 is 11.1 Å². The average Bonchev–Trinajstić information content (AvgIpc) is 2.77. The maximum absolute atomic E-state index is 11.6. The lowest BCUT2D eigenvalue weighted by Gasteiger charge is -2.07. The van der Waals surface area contributed by atoms with Gasteiger partial charge in [-0.2, -0.15) is 0 Å². The molecule has 5 nitrogen and oxygen atoms in total. The van der Waals surface area contributed by atoms with E-state index in [9.17, 15) is 9.90 Å². The second kappa shape index (κ2) is 6.30. The molecule has 0 aliphatic rings. The predicted octanol–water partition coefficient (Wildman–Crippen LogP) is 0.629. The van der Waals surface area contributed by atoms with Crippen LogP contribution in [0.2, 0.25) is 0 Å². The van der Waals surface area contributed by atoms with Gasteiger partial charge in [0.25, 0.3) is 5.91 Å². The molecule has 16 heavy (non-hydrogen) atoms. The third kappa shape index (κ3) is 3.67. The molecule has 0 radical (unpaired) electrons. The smallest absolute Gasteiger partial charge is 0.254 e. The molecule has 1 heterocycles. The van der Waals surface area contributed by atoms with Crippen molar-refractivity contribution >= 4 is 5.91 Å². The molecule has 4 N–H and O–H groups in total.